The Morgan fingerprint density at radius 3 is 2.70 bits per heavy atom. The molecule has 118 valence electrons. The molecule has 0 radical (unpaired) electrons. The monoisotopic (exact) mass is 314 g/mol. The molecule has 0 unspecified atom stereocenters. The van der Waals surface area contributed by atoms with Gasteiger partial charge >= 0.3 is 0 Å². The van der Waals surface area contributed by atoms with E-state index in [0.29, 0.717) is 13.1 Å². The molecule has 1 saturated heterocycles. The van der Waals surface area contributed by atoms with Gasteiger partial charge in [0.1, 0.15) is 11.5 Å². The Balaban J connectivity index is 1.67. The first-order chi connectivity index (χ1) is 11.1. The molecule has 0 aliphatic carbocycles. The maximum absolute atomic E-state index is 13.3. The smallest absolute Gasteiger partial charge is 0.251 e. The minimum Gasteiger partial charge on any atom is -0.356 e. The van der Waals surface area contributed by atoms with E-state index in [4.69, 9.17) is 0 Å². The lowest BCUT2D eigenvalue weighted by Crippen LogP contribution is -2.39. The highest BCUT2D eigenvalue weighted by molar-refractivity contribution is 5.93. The van der Waals surface area contributed by atoms with Crippen LogP contribution in [0.5, 0.6) is 0 Å². The van der Waals surface area contributed by atoms with Gasteiger partial charge in [-0.15, -0.1) is 0 Å². The summed E-state index contributed by atoms with van der Waals surface area (Å²) in [6, 6.07) is 11.7. The van der Waals surface area contributed by atoms with Crippen LogP contribution in [0, 0.1) is 0 Å². The number of halogens is 2. The van der Waals surface area contributed by atoms with Gasteiger partial charge in [-0.3, -0.25) is 5.10 Å². The van der Waals surface area contributed by atoms with Gasteiger partial charge in [-0.1, -0.05) is 18.2 Å². The maximum atomic E-state index is 13.3. The Hall–Kier alpha value is -2.50. The average molecular weight is 314 g/mol. The summed E-state index contributed by atoms with van der Waals surface area (Å²) >= 11 is 0. The summed E-state index contributed by atoms with van der Waals surface area (Å²) in [6.07, 6.45) is 1.47. The molecule has 0 amide bonds. The molecule has 0 bridgehead atoms. The van der Waals surface area contributed by atoms with Crippen molar-refractivity contribution >= 4 is 16.7 Å². The number of anilines is 1. The number of nitrogens with one attached hydrogen (secondary N) is 1. The van der Waals surface area contributed by atoms with E-state index < -0.39 is 5.92 Å². The zero-order chi connectivity index (χ0) is 15.9. The predicted octanol–water partition coefficient (Wildman–Crippen LogP) is 3.86. The molecule has 1 N–H and O–H groups in total. The summed E-state index contributed by atoms with van der Waals surface area (Å²) < 4.78 is 26.6. The largest absolute Gasteiger partial charge is 0.356 e. The molecule has 0 spiro atoms. The van der Waals surface area contributed by atoms with Crippen LogP contribution in [0.15, 0.2) is 42.6 Å². The maximum Gasteiger partial charge on any atom is 0.251 e. The van der Waals surface area contributed by atoms with Crippen molar-refractivity contribution < 1.29 is 8.78 Å². The molecule has 6 heteroatoms. The van der Waals surface area contributed by atoms with E-state index in [-0.39, 0.29) is 12.8 Å². The molecule has 3 aromatic rings. The molecule has 3 heterocycles. The van der Waals surface area contributed by atoms with Crippen LogP contribution in [-0.2, 0) is 0 Å². The first-order valence-corrected chi connectivity index (χ1v) is 7.65. The minimum absolute atomic E-state index is 0.121. The standard InChI is InChI=1S/C17H16F2N4/c18-17(19)6-9-23(10-7-17)15-11-12(5-8-20-15)16-13-3-1-2-4-14(13)21-22-16/h1-5,8,11H,6-7,9-10H2,(H,21,22). The van der Waals surface area contributed by atoms with E-state index >= 15 is 0 Å². The number of aromatic nitrogens is 3. The van der Waals surface area contributed by atoms with Crippen LogP contribution in [0.1, 0.15) is 12.8 Å². The Labute approximate surface area is 132 Å². The van der Waals surface area contributed by atoms with Crippen LogP contribution in [0.2, 0.25) is 0 Å². The number of nitrogens with zero attached hydrogens (tertiary/aromatic N) is 3. The van der Waals surface area contributed by atoms with E-state index in [1.54, 1.807) is 6.20 Å². The Morgan fingerprint density at radius 2 is 1.87 bits per heavy atom. The van der Waals surface area contributed by atoms with Crippen molar-refractivity contribution in [2.24, 2.45) is 0 Å². The van der Waals surface area contributed by atoms with Crippen LogP contribution in [0.25, 0.3) is 22.2 Å². The summed E-state index contributed by atoms with van der Waals surface area (Å²) in [7, 11) is 0. The van der Waals surface area contributed by atoms with Gasteiger partial charge in [0, 0.05) is 43.1 Å². The topological polar surface area (TPSA) is 44.8 Å². The van der Waals surface area contributed by atoms with Gasteiger partial charge in [0.05, 0.1) is 5.52 Å². The number of hydrogen-bond donors (Lipinski definition) is 1. The molecule has 4 rings (SSSR count). The lowest BCUT2D eigenvalue weighted by atomic mass is 10.1. The lowest BCUT2D eigenvalue weighted by molar-refractivity contribution is -0.0221. The van der Waals surface area contributed by atoms with Crippen molar-refractivity contribution in [3.63, 3.8) is 0 Å². The summed E-state index contributed by atoms with van der Waals surface area (Å²) in [4.78, 5) is 6.26. The highest BCUT2D eigenvalue weighted by atomic mass is 19.3. The van der Waals surface area contributed by atoms with Gasteiger partial charge in [-0.05, 0) is 18.2 Å². The second-order valence-corrected chi connectivity index (χ2v) is 5.86. The zero-order valence-electron chi connectivity index (χ0n) is 12.5. The van der Waals surface area contributed by atoms with Gasteiger partial charge in [0.15, 0.2) is 0 Å². The molecule has 0 saturated carbocycles. The summed E-state index contributed by atoms with van der Waals surface area (Å²) in [5.41, 5.74) is 2.76. The summed E-state index contributed by atoms with van der Waals surface area (Å²) in [5.74, 6) is -1.82. The van der Waals surface area contributed by atoms with E-state index in [1.807, 2.05) is 41.3 Å². The number of alkyl halides is 2. The van der Waals surface area contributed by atoms with Crippen molar-refractivity contribution in [2.45, 2.75) is 18.8 Å². The number of fused-ring (bicyclic) bond motifs is 1. The van der Waals surface area contributed by atoms with E-state index in [9.17, 15) is 8.78 Å². The van der Waals surface area contributed by atoms with Crippen LogP contribution in [0.4, 0.5) is 14.6 Å². The average Bonchev–Trinajstić information content (AvgIpc) is 2.99. The van der Waals surface area contributed by atoms with Crippen molar-refractivity contribution in [2.75, 3.05) is 18.0 Å². The van der Waals surface area contributed by atoms with Crippen LogP contribution in [-0.4, -0.2) is 34.2 Å². The number of piperidine rings is 1. The van der Waals surface area contributed by atoms with E-state index in [2.05, 4.69) is 15.2 Å². The molecule has 1 aromatic carbocycles. The first kappa shape index (κ1) is 14.1. The second-order valence-electron chi connectivity index (χ2n) is 5.86. The van der Waals surface area contributed by atoms with Crippen molar-refractivity contribution in [3.05, 3.63) is 42.6 Å². The first-order valence-electron chi connectivity index (χ1n) is 7.65. The van der Waals surface area contributed by atoms with Gasteiger partial charge in [-0.2, -0.15) is 5.10 Å². The van der Waals surface area contributed by atoms with Crippen LogP contribution >= 0.6 is 0 Å². The molecule has 1 fully saturated rings. The van der Waals surface area contributed by atoms with Gasteiger partial charge in [0.25, 0.3) is 5.92 Å². The Kier molecular flexibility index (Phi) is 3.25. The second kappa shape index (κ2) is 5.30. The van der Waals surface area contributed by atoms with Crippen molar-refractivity contribution in [1.82, 2.24) is 15.2 Å². The molecular weight excluding hydrogens is 298 g/mol. The number of aromatic amines is 1. The van der Waals surface area contributed by atoms with Gasteiger partial charge < -0.3 is 4.90 Å². The third-order valence-electron chi connectivity index (χ3n) is 4.31. The third kappa shape index (κ3) is 2.65. The molecule has 4 nitrogen and oxygen atoms in total. The number of rotatable bonds is 2. The molecule has 1 aliphatic heterocycles. The van der Waals surface area contributed by atoms with Crippen LogP contribution in [0.3, 0.4) is 0 Å². The fourth-order valence-electron chi connectivity index (χ4n) is 2.99. The number of para-hydroxylation sites is 1. The Bertz CT molecular complexity index is 833. The molecule has 1 aliphatic rings. The fraction of sp³-hybridized carbons (Fsp3) is 0.294. The summed E-state index contributed by atoms with van der Waals surface area (Å²) in [5, 5.41) is 8.43. The van der Waals surface area contributed by atoms with Crippen LogP contribution < -0.4 is 4.90 Å². The SMILES string of the molecule is FC1(F)CCN(c2cc(-c3n[nH]c4ccccc34)ccn2)CC1. The molecule has 2 aromatic heterocycles. The fourth-order valence-corrected chi connectivity index (χ4v) is 2.99. The van der Waals surface area contributed by atoms with Gasteiger partial charge in [0.2, 0.25) is 0 Å². The number of benzene rings is 1. The molecule has 0 atom stereocenters. The number of pyridine rings is 1. The number of hydrogen-bond acceptors (Lipinski definition) is 3. The van der Waals surface area contributed by atoms with E-state index in [0.717, 1.165) is 28.0 Å². The van der Waals surface area contributed by atoms with Crippen molar-refractivity contribution in [3.8, 4) is 11.3 Å². The quantitative estimate of drug-likeness (QED) is 0.781. The highest BCUT2D eigenvalue weighted by Crippen LogP contribution is 2.32. The number of H-pyrrole nitrogens is 1. The minimum atomic E-state index is -2.55. The van der Waals surface area contributed by atoms with E-state index in [1.165, 1.54) is 0 Å². The molecule has 23 heavy (non-hydrogen) atoms. The zero-order valence-corrected chi connectivity index (χ0v) is 12.5. The Morgan fingerprint density at radius 1 is 1.09 bits per heavy atom. The third-order valence-corrected chi connectivity index (χ3v) is 4.31. The predicted molar refractivity (Wildman–Crippen MR) is 85.7 cm³/mol. The molecular formula is C17H16F2N4. The highest BCUT2D eigenvalue weighted by Gasteiger charge is 2.34. The van der Waals surface area contributed by atoms with Gasteiger partial charge in [-0.25, -0.2) is 13.8 Å². The normalized spacial score (nSPS) is 17.6. The van der Waals surface area contributed by atoms with Crippen molar-refractivity contribution in [1.29, 1.82) is 0 Å². The lowest BCUT2D eigenvalue weighted by Gasteiger charge is -2.32. The summed E-state index contributed by atoms with van der Waals surface area (Å²) in [6.45, 7) is 0.648.